The number of rotatable bonds is 5. The highest BCUT2D eigenvalue weighted by Gasteiger charge is 2.18. The molecule has 1 amide bonds. The Kier molecular flexibility index (Phi) is 4.58. The maximum atomic E-state index is 12.2. The first-order chi connectivity index (χ1) is 11.9. The highest BCUT2D eigenvalue weighted by atomic mass is 32.1. The number of carbonyl (C=O) groups is 2. The Bertz CT molecular complexity index is 903. The van der Waals surface area contributed by atoms with Crippen LogP contribution in [0.25, 0.3) is 10.2 Å². The minimum Gasteiger partial charge on any atom is -0.451 e. The number of nitrogens with one attached hydrogen (secondary N) is 1. The van der Waals surface area contributed by atoms with Crippen LogP contribution in [0.3, 0.4) is 0 Å². The standard InChI is InChI=1S/C16H19N5O3S/c1-9(2)21-13(5-6-17-21)18-14(22)8-24-16(23)12-7-11-10(3)19-20(4)15(11)25-12/h5-7,9H,8H2,1-4H3,(H,18,22). The number of esters is 1. The molecule has 0 unspecified atom stereocenters. The van der Waals surface area contributed by atoms with Crippen LogP contribution in [0.1, 0.15) is 35.3 Å². The van der Waals surface area contributed by atoms with Gasteiger partial charge in [-0.2, -0.15) is 10.2 Å². The summed E-state index contributed by atoms with van der Waals surface area (Å²) in [4.78, 5) is 25.5. The quantitative estimate of drug-likeness (QED) is 0.705. The molecular weight excluding hydrogens is 342 g/mol. The summed E-state index contributed by atoms with van der Waals surface area (Å²) >= 11 is 1.30. The number of carbonyl (C=O) groups excluding carboxylic acids is 2. The van der Waals surface area contributed by atoms with Crippen LogP contribution in [0.15, 0.2) is 18.3 Å². The summed E-state index contributed by atoms with van der Waals surface area (Å²) in [5.74, 6) is -0.359. The molecule has 132 valence electrons. The van der Waals surface area contributed by atoms with Gasteiger partial charge in [-0.05, 0) is 26.8 Å². The van der Waals surface area contributed by atoms with Gasteiger partial charge in [0.25, 0.3) is 5.91 Å². The molecule has 3 aromatic heterocycles. The number of anilines is 1. The van der Waals surface area contributed by atoms with Crippen molar-refractivity contribution in [2.24, 2.45) is 7.05 Å². The lowest BCUT2D eigenvalue weighted by atomic mass is 10.3. The molecule has 3 aromatic rings. The van der Waals surface area contributed by atoms with Gasteiger partial charge >= 0.3 is 5.97 Å². The van der Waals surface area contributed by atoms with Crippen molar-refractivity contribution < 1.29 is 14.3 Å². The van der Waals surface area contributed by atoms with Gasteiger partial charge in [-0.25, -0.2) is 9.48 Å². The van der Waals surface area contributed by atoms with Gasteiger partial charge in [0.1, 0.15) is 15.5 Å². The molecule has 0 radical (unpaired) electrons. The summed E-state index contributed by atoms with van der Waals surface area (Å²) in [7, 11) is 1.83. The highest BCUT2D eigenvalue weighted by molar-refractivity contribution is 7.20. The maximum Gasteiger partial charge on any atom is 0.348 e. The lowest BCUT2D eigenvalue weighted by Crippen LogP contribution is -2.22. The lowest BCUT2D eigenvalue weighted by molar-refractivity contribution is -0.119. The Balaban J connectivity index is 1.62. The van der Waals surface area contributed by atoms with Crippen molar-refractivity contribution in [1.29, 1.82) is 0 Å². The Labute approximate surface area is 148 Å². The van der Waals surface area contributed by atoms with Crippen molar-refractivity contribution >= 4 is 39.2 Å². The van der Waals surface area contributed by atoms with E-state index in [0.717, 1.165) is 15.9 Å². The molecule has 3 heterocycles. The molecule has 0 aromatic carbocycles. The van der Waals surface area contributed by atoms with Crippen LogP contribution in [-0.4, -0.2) is 38.0 Å². The van der Waals surface area contributed by atoms with Crippen molar-refractivity contribution in [3.63, 3.8) is 0 Å². The van der Waals surface area contributed by atoms with E-state index in [0.29, 0.717) is 10.7 Å². The molecule has 3 rings (SSSR count). The van der Waals surface area contributed by atoms with Crippen LogP contribution in [0.2, 0.25) is 0 Å². The first kappa shape index (κ1) is 17.2. The molecule has 1 N–H and O–H groups in total. The van der Waals surface area contributed by atoms with Gasteiger partial charge in [-0.15, -0.1) is 11.3 Å². The number of fused-ring (bicyclic) bond motifs is 1. The van der Waals surface area contributed by atoms with E-state index in [-0.39, 0.29) is 12.6 Å². The van der Waals surface area contributed by atoms with Crippen LogP contribution in [-0.2, 0) is 16.6 Å². The maximum absolute atomic E-state index is 12.2. The number of aromatic nitrogens is 4. The first-order valence-electron chi connectivity index (χ1n) is 7.80. The van der Waals surface area contributed by atoms with E-state index in [4.69, 9.17) is 4.74 Å². The van der Waals surface area contributed by atoms with Crippen molar-refractivity contribution in [3.05, 3.63) is 28.9 Å². The van der Waals surface area contributed by atoms with Crippen LogP contribution in [0.4, 0.5) is 5.82 Å². The summed E-state index contributed by atoms with van der Waals surface area (Å²) in [6.45, 7) is 5.45. The molecule has 0 fully saturated rings. The molecule has 0 atom stereocenters. The Morgan fingerprint density at radius 1 is 1.40 bits per heavy atom. The van der Waals surface area contributed by atoms with Gasteiger partial charge in [0, 0.05) is 24.5 Å². The van der Waals surface area contributed by atoms with Gasteiger partial charge in [-0.1, -0.05) is 0 Å². The number of hydrogen-bond donors (Lipinski definition) is 1. The van der Waals surface area contributed by atoms with Crippen LogP contribution < -0.4 is 5.32 Å². The third kappa shape index (κ3) is 3.41. The highest BCUT2D eigenvalue weighted by Crippen LogP contribution is 2.28. The molecule has 25 heavy (non-hydrogen) atoms. The van der Waals surface area contributed by atoms with Crippen molar-refractivity contribution in [1.82, 2.24) is 19.6 Å². The second-order valence-electron chi connectivity index (χ2n) is 5.92. The minimum atomic E-state index is -0.520. The van der Waals surface area contributed by atoms with Crippen LogP contribution in [0, 0.1) is 6.92 Å². The second kappa shape index (κ2) is 6.67. The van der Waals surface area contributed by atoms with Gasteiger partial charge in [0.05, 0.1) is 11.9 Å². The molecular formula is C16H19N5O3S. The second-order valence-corrected chi connectivity index (χ2v) is 6.95. The fourth-order valence-corrected chi connectivity index (χ4v) is 3.53. The van der Waals surface area contributed by atoms with E-state index >= 15 is 0 Å². The molecule has 0 saturated heterocycles. The number of nitrogens with zero attached hydrogens (tertiary/aromatic N) is 4. The van der Waals surface area contributed by atoms with E-state index in [1.807, 2.05) is 27.8 Å². The van der Waals surface area contributed by atoms with Crippen molar-refractivity contribution in [2.75, 3.05) is 11.9 Å². The predicted molar refractivity (Wildman–Crippen MR) is 94.9 cm³/mol. The smallest absolute Gasteiger partial charge is 0.348 e. The summed E-state index contributed by atoms with van der Waals surface area (Å²) in [6, 6.07) is 3.56. The predicted octanol–water partition coefficient (Wildman–Crippen LogP) is 2.52. The Hall–Kier alpha value is -2.68. The first-order valence-corrected chi connectivity index (χ1v) is 8.62. The third-order valence-corrected chi connectivity index (χ3v) is 4.84. The van der Waals surface area contributed by atoms with Crippen molar-refractivity contribution in [2.45, 2.75) is 26.8 Å². The molecule has 0 aliphatic heterocycles. The zero-order valence-corrected chi connectivity index (χ0v) is 15.3. The number of hydrogen-bond acceptors (Lipinski definition) is 6. The minimum absolute atomic E-state index is 0.114. The van der Waals surface area contributed by atoms with Gasteiger partial charge in [-0.3, -0.25) is 9.48 Å². The molecule has 8 nitrogen and oxygen atoms in total. The van der Waals surface area contributed by atoms with Gasteiger partial charge in [0.15, 0.2) is 6.61 Å². The van der Waals surface area contributed by atoms with Gasteiger partial charge in [0.2, 0.25) is 0 Å². The number of thiophene rings is 1. The molecule has 0 saturated carbocycles. The van der Waals surface area contributed by atoms with Gasteiger partial charge < -0.3 is 10.1 Å². The van der Waals surface area contributed by atoms with E-state index in [1.165, 1.54) is 11.3 Å². The summed E-state index contributed by atoms with van der Waals surface area (Å²) < 4.78 is 8.53. The average Bonchev–Trinajstić information content (AvgIpc) is 3.23. The Morgan fingerprint density at radius 2 is 2.16 bits per heavy atom. The fourth-order valence-electron chi connectivity index (χ4n) is 2.51. The lowest BCUT2D eigenvalue weighted by Gasteiger charge is -2.11. The molecule has 0 spiro atoms. The van der Waals surface area contributed by atoms with E-state index in [9.17, 15) is 9.59 Å². The summed E-state index contributed by atoms with van der Waals surface area (Å²) in [5, 5.41) is 12.0. The summed E-state index contributed by atoms with van der Waals surface area (Å²) in [5.41, 5.74) is 0.854. The van der Waals surface area contributed by atoms with Crippen LogP contribution >= 0.6 is 11.3 Å². The summed E-state index contributed by atoms with van der Waals surface area (Å²) in [6.07, 6.45) is 1.61. The number of ether oxygens (including phenoxy) is 1. The molecule has 0 aliphatic rings. The fraction of sp³-hybridized carbons (Fsp3) is 0.375. The largest absolute Gasteiger partial charge is 0.451 e. The zero-order chi connectivity index (χ0) is 18.1. The molecule has 9 heteroatoms. The number of amides is 1. The SMILES string of the molecule is Cc1nn(C)c2sc(C(=O)OCC(=O)Nc3ccnn3C(C)C)cc12. The van der Waals surface area contributed by atoms with Crippen LogP contribution in [0.5, 0.6) is 0 Å². The van der Waals surface area contributed by atoms with E-state index < -0.39 is 11.9 Å². The normalized spacial score (nSPS) is 11.2. The molecule has 0 bridgehead atoms. The zero-order valence-electron chi connectivity index (χ0n) is 14.4. The third-order valence-electron chi connectivity index (χ3n) is 3.66. The molecule has 0 aliphatic carbocycles. The van der Waals surface area contributed by atoms with E-state index in [2.05, 4.69) is 15.5 Å². The number of aryl methyl sites for hydroxylation is 2. The average molecular weight is 361 g/mol. The monoisotopic (exact) mass is 361 g/mol. The Morgan fingerprint density at radius 3 is 2.84 bits per heavy atom. The topological polar surface area (TPSA) is 91.0 Å². The van der Waals surface area contributed by atoms with E-state index in [1.54, 1.807) is 27.7 Å². The van der Waals surface area contributed by atoms with Crippen molar-refractivity contribution in [3.8, 4) is 0 Å².